The van der Waals surface area contributed by atoms with E-state index in [4.69, 9.17) is 4.74 Å². The lowest BCUT2D eigenvalue weighted by atomic mass is 10.1. The Balaban J connectivity index is 1.68. The number of rotatable bonds is 6. The summed E-state index contributed by atoms with van der Waals surface area (Å²) in [7, 11) is 2.13. The number of anilines is 1. The Bertz CT molecular complexity index is 336. The fourth-order valence-electron chi connectivity index (χ4n) is 2.40. The molecule has 0 saturated carbocycles. The molecule has 2 rings (SSSR count). The first kappa shape index (κ1) is 13.4. The minimum Gasteiger partial charge on any atom is -0.377 e. The van der Waals surface area contributed by atoms with Gasteiger partial charge in [-0.25, -0.2) is 0 Å². The maximum absolute atomic E-state index is 5.68. The third-order valence-electron chi connectivity index (χ3n) is 3.63. The average molecular weight is 248 g/mol. The molecule has 1 aromatic rings. The van der Waals surface area contributed by atoms with Crippen LogP contribution in [0.15, 0.2) is 30.3 Å². The number of hydrogen-bond acceptors (Lipinski definition) is 3. The Morgan fingerprint density at radius 2 is 2.17 bits per heavy atom. The van der Waals surface area contributed by atoms with Gasteiger partial charge in [0.15, 0.2) is 0 Å². The van der Waals surface area contributed by atoms with E-state index in [1.165, 1.54) is 18.5 Å². The molecule has 18 heavy (non-hydrogen) atoms. The molecule has 100 valence electrons. The summed E-state index contributed by atoms with van der Waals surface area (Å²) in [4.78, 5) is 2.27. The van der Waals surface area contributed by atoms with Crippen LogP contribution in [0.4, 0.5) is 5.69 Å². The molecule has 0 aromatic heterocycles. The number of ether oxygens (including phenoxy) is 1. The molecule has 0 amide bonds. The number of likely N-dealkylation sites (N-methyl/N-ethyl adjacent to an activating group) is 1. The molecule has 1 heterocycles. The van der Waals surface area contributed by atoms with Crippen LogP contribution in [0.1, 0.15) is 19.8 Å². The highest BCUT2D eigenvalue weighted by Gasteiger charge is 2.21. The number of benzene rings is 1. The van der Waals surface area contributed by atoms with E-state index in [2.05, 4.69) is 54.5 Å². The van der Waals surface area contributed by atoms with Gasteiger partial charge in [-0.15, -0.1) is 0 Å². The third-order valence-corrected chi connectivity index (χ3v) is 3.63. The first-order valence-corrected chi connectivity index (χ1v) is 6.88. The second-order valence-corrected chi connectivity index (χ2v) is 5.05. The molecular formula is C15H24N2O. The lowest BCUT2D eigenvalue weighted by Gasteiger charge is -2.23. The van der Waals surface area contributed by atoms with Crippen molar-refractivity contribution in [3.63, 3.8) is 0 Å². The monoisotopic (exact) mass is 248 g/mol. The number of hydrogen-bond donors (Lipinski definition) is 1. The van der Waals surface area contributed by atoms with Crippen molar-refractivity contribution in [2.45, 2.75) is 31.9 Å². The fraction of sp³-hybridized carbons (Fsp3) is 0.600. The van der Waals surface area contributed by atoms with Gasteiger partial charge < -0.3 is 15.0 Å². The zero-order chi connectivity index (χ0) is 12.8. The SMILES string of the molecule is CC(NCCN(C)c1ccccc1)C1CCCO1. The topological polar surface area (TPSA) is 24.5 Å². The van der Waals surface area contributed by atoms with Crippen LogP contribution in [0.25, 0.3) is 0 Å². The van der Waals surface area contributed by atoms with Crippen LogP contribution < -0.4 is 10.2 Å². The van der Waals surface area contributed by atoms with E-state index in [-0.39, 0.29) is 0 Å². The highest BCUT2D eigenvalue weighted by molar-refractivity contribution is 5.44. The Morgan fingerprint density at radius 3 is 2.83 bits per heavy atom. The molecule has 2 unspecified atom stereocenters. The number of nitrogens with one attached hydrogen (secondary N) is 1. The largest absolute Gasteiger partial charge is 0.377 e. The van der Waals surface area contributed by atoms with E-state index in [1.807, 2.05) is 0 Å². The summed E-state index contributed by atoms with van der Waals surface area (Å²) in [5.74, 6) is 0. The second-order valence-electron chi connectivity index (χ2n) is 5.05. The van der Waals surface area contributed by atoms with Crippen molar-refractivity contribution < 1.29 is 4.74 Å². The van der Waals surface area contributed by atoms with Crippen LogP contribution in [0, 0.1) is 0 Å². The van der Waals surface area contributed by atoms with Crippen LogP contribution in [0.3, 0.4) is 0 Å². The Kier molecular flexibility index (Phi) is 5.02. The predicted octanol–water partition coefficient (Wildman–Crippen LogP) is 2.28. The average Bonchev–Trinajstić information content (AvgIpc) is 2.93. The molecule has 1 fully saturated rings. The van der Waals surface area contributed by atoms with Crippen LogP contribution in [0.2, 0.25) is 0 Å². The normalized spacial score (nSPS) is 20.9. The molecule has 2 atom stereocenters. The minimum atomic E-state index is 0.409. The molecule has 0 spiro atoms. The van der Waals surface area contributed by atoms with Crippen molar-refractivity contribution in [3.05, 3.63) is 30.3 Å². The smallest absolute Gasteiger partial charge is 0.0726 e. The summed E-state index contributed by atoms with van der Waals surface area (Å²) in [5.41, 5.74) is 1.27. The molecule has 1 aliphatic rings. The molecular weight excluding hydrogens is 224 g/mol. The summed E-state index contributed by atoms with van der Waals surface area (Å²) in [6.07, 6.45) is 2.82. The Morgan fingerprint density at radius 1 is 1.39 bits per heavy atom. The fourth-order valence-corrected chi connectivity index (χ4v) is 2.40. The number of para-hydroxylation sites is 1. The summed E-state index contributed by atoms with van der Waals surface area (Å²) < 4.78 is 5.68. The van der Waals surface area contributed by atoms with Crippen molar-refractivity contribution in [3.8, 4) is 0 Å². The van der Waals surface area contributed by atoms with Gasteiger partial charge >= 0.3 is 0 Å². The molecule has 1 N–H and O–H groups in total. The Hall–Kier alpha value is -1.06. The minimum absolute atomic E-state index is 0.409. The van der Waals surface area contributed by atoms with E-state index < -0.39 is 0 Å². The van der Waals surface area contributed by atoms with Crippen molar-refractivity contribution in [1.82, 2.24) is 5.32 Å². The van der Waals surface area contributed by atoms with Gasteiger partial charge in [-0.05, 0) is 31.9 Å². The van der Waals surface area contributed by atoms with Gasteiger partial charge in [-0.3, -0.25) is 0 Å². The van der Waals surface area contributed by atoms with Gasteiger partial charge in [0.2, 0.25) is 0 Å². The maximum atomic E-state index is 5.68. The van der Waals surface area contributed by atoms with Gasteiger partial charge in [-0.2, -0.15) is 0 Å². The first-order valence-electron chi connectivity index (χ1n) is 6.88. The second kappa shape index (κ2) is 6.76. The maximum Gasteiger partial charge on any atom is 0.0726 e. The highest BCUT2D eigenvalue weighted by Crippen LogP contribution is 2.15. The van der Waals surface area contributed by atoms with Crippen molar-refractivity contribution >= 4 is 5.69 Å². The van der Waals surface area contributed by atoms with Gasteiger partial charge in [-0.1, -0.05) is 18.2 Å². The zero-order valence-corrected chi connectivity index (χ0v) is 11.4. The highest BCUT2D eigenvalue weighted by atomic mass is 16.5. The van der Waals surface area contributed by atoms with E-state index in [0.717, 1.165) is 19.7 Å². The van der Waals surface area contributed by atoms with Crippen LogP contribution in [-0.2, 0) is 4.74 Å². The van der Waals surface area contributed by atoms with Crippen LogP contribution in [-0.4, -0.2) is 38.9 Å². The molecule has 0 radical (unpaired) electrons. The zero-order valence-electron chi connectivity index (χ0n) is 11.4. The molecule has 3 heteroatoms. The standard InChI is InChI=1S/C15H24N2O/c1-13(15-9-6-12-18-15)16-10-11-17(2)14-7-4-3-5-8-14/h3-5,7-8,13,15-16H,6,9-12H2,1-2H3. The molecule has 0 bridgehead atoms. The van der Waals surface area contributed by atoms with Crippen LogP contribution >= 0.6 is 0 Å². The quantitative estimate of drug-likeness (QED) is 0.836. The molecule has 1 saturated heterocycles. The van der Waals surface area contributed by atoms with E-state index in [0.29, 0.717) is 12.1 Å². The molecule has 0 aliphatic carbocycles. The van der Waals surface area contributed by atoms with E-state index >= 15 is 0 Å². The molecule has 1 aliphatic heterocycles. The van der Waals surface area contributed by atoms with Crippen LogP contribution in [0.5, 0.6) is 0 Å². The third kappa shape index (κ3) is 3.72. The number of nitrogens with zero attached hydrogens (tertiary/aromatic N) is 1. The summed E-state index contributed by atoms with van der Waals surface area (Å²) in [5, 5.41) is 3.56. The van der Waals surface area contributed by atoms with E-state index in [1.54, 1.807) is 0 Å². The van der Waals surface area contributed by atoms with Crippen molar-refractivity contribution in [2.24, 2.45) is 0 Å². The first-order chi connectivity index (χ1) is 8.77. The summed E-state index contributed by atoms with van der Waals surface area (Å²) in [6.45, 7) is 5.16. The van der Waals surface area contributed by atoms with Gasteiger partial charge in [0.05, 0.1) is 6.10 Å². The summed E-state index contributed by atoms with van der Waals surface area (Å²) in [6, 6.07) is 10.9. The van der Waals surface area contributed by atoms with Gasteiger partial charge in [0.25, 0.3) is 0 Å². The molecule has 1 aromatic carbocycles. The lowest BCUT2D eigenvalue weighted by Crippen LogP contribution is -2.40. The Labute approximate surface area is 110 Å². The van der Waals surface area contributed by atoms with Crippen molar-refractivity contribution in [1.29, 1.82) is 0 Å². The van der Waals surface area contributed by atoms with Gasteiger partial charge in [0.1, 0.15) is 0 Å². The lowest BCUT2D eigenvalue weighted by molar-refractivity contribution is 0.0841. The molecule has 3 nitrogen and oxygen atoms in total. The van der Waals surface area contributed by atoms with E-state index in [9.17, 15) is 0 Å². The summed E-state index contributed by atoms with van der Waals surface area (Å²) >= 11 is 0. The van der Waals surface area contributed by atoms with Gasteiger partial charge in [0, 0.05) is 38.5 Å². The predicted molar refractivity (Wildman–Crippen MR) is 76.2 cm³/mol. The van der Waals surface area contributed by atoms with Crippen molar-refractivity contribution in [2.75, 3.05) is 31.6 Å².